The number of amides is 1. The van der Waals surface area contributed by atoms with E-state index in [9.17, 15) is 9.59 Å². The lowest BCUT2D eigenvalue weighted by atomic mass is 9.97. The minimum Gasteiger partial charge on any atom is -0.467 e. The lowest BCUT2D eigenvalue weighted by molar-refractivity contribution is -0.113. The molecule has 0 unspecified atom stereocenters. The predicted molar refractivity (Wildman–Crippen MR) is 138 cm³/mol. The summed E-state index contributed by atoms with van der Waals surface area (Å²) in [7, 11) is 0. The van der Waals surface area contributed by atoms with E-state index in [0.717, 1.165) is 64.7 Å². The highest BCUT2D eigenvalue weighted by molar-refractivity contribution is 7.99. The number of hydrogen-bond acceptors (Lipinski definition) is 6. The summed E-state index contributed by atoms with van der Waals surface area (Å²) in [5.74, 6) is 0.739. The Morgan fingerprint density at radius 3 is 2.88 bits per heavy atom. The molecule has 3 aromatic heterocycles. The fourth-order valence-electron chi connectivity index (χ4n) is 4.54. The Morgan fingerprint density at radius 2 is 2.09 bits per heavy atom. The van der Waals surface area contributed by atoms with E-state index in [-0.39, 0.29) is 17.2 Å². The van der Waals surface area contributed by atoms with Crippen LogP contribution in [-0.4, -0.2) is 21.2 Å². The summed E-state index contributed by atoms with van der Waals surface area (Å²) in [4.78, 5) is 33.5. The maximum Gasteiger partial charge on any atom is 0.263 e. The topological polar surface area (TPSA) is 77.1 Å². The standard InChI is InChI=1S/C26H27N3O3S2/c1-3-17-9-6-8-16(2)23(17)27-21(30)15-33-26-28-24-22(19-11-4-5-12-20(19)34-24)25(31)29(26)14-18-10-7-13-32-18/h6-10,13H,3-5,11-12,14-15H2,1-2H3,(H,27,30). The Bertz CT molecular complexity index is 1400. The number of nitrogens with zero attached hydrogens (tertiary/aromatic N) is 2. The van der Waals surface area contributed by atoms with Crippen LogP contribution in [0.1, 0.15) is 47.1 Å². The van der Waals surface area contributed by atoms with Crippen molar-refractivity contribution in [1.29, 1.82) is 0 Å². The highest BCUT2D eigenvalue weighted by Gasteiger charge is 2.23. The van der Waals surface area contributed by atoms with Crippen LogP contribution in [0.15, 0.2) is 51.0 Å². The Kier molecular flexibility index (Phi) is 6.61. The minimum atomic E-state index is -0.113. The number of para-hydroxylation sites is 1. The minimum absolute atomic E-state index is 0.0455. The van der Waals surface area contributed by atoms with Gasteiger partial charge in [0.05, 0.1) is 23.9 Å². The smallest absolute Gasteiger partial charge is 0.263 e. The van der Waals surface area contributed by atoms with Gasteiger partial charge in [0.2, 0.25) is 5.91 Å². The maximum atomic E-state index is 13.6. The van der Waals surface area contributed by atoms with Crippen LogP contribution in [0, 0.1) is 6.92 Å². The van der Waals surface area contributed by atoms with Gasteiger partial charge in [-0.3, -0.25) is 14.2 Å². The molecule has 0 saturated carbocycles. The number of fused-ring (bicyclic) bond motifs is 3. The zero-order chi connectivity index (χ0) is 23.7. The molecule has 34 heavy (non-hydrogen) atoms. The first-order valence-electron chi connectivity index (χ1n) is 11.6. The van der Waals surface area contributed by atoms with Gasteiger partial charge in [-0.1, -0.05) is 36.9 Å². The van der Waals surface area contributed by atoms with E-state index < -0.39 is 0 Å². The van der Waals surface area contributed by atoms with Crippen molar-refractivity contribution in [1.82, 2.24) is 9.55 Å². The molecule has 0 spiro atoms. The molecule has 1 aromatic carbocycles. The summed E-state index contributed by atoms with van der Waals surface area (Å²) in [5, 5.41) is 4.35. The summed E-state index contributed by atoms with van der Waals surface area (Å²) in [5.41, 5.74) is 4.14. The van der Waals surface area contributed by atoms with E-state index in [1.165, 1.54) is 16.6 Å². The summed E-state index contributed by atoms with van der Waals surface area (Å²) in [6, 6.07) is 9.70. The molecular formula is C26H27N3O3S2. The summed E-state index contributed by atoms with van der Waals surface area (Å²) in [6.07, 6.45) is 6.64. The van der Waals surface area contributed by atoms with E-state index in [2.05, 4.69) is 12.2 Å². The number of furan rings is 1. The number of benzene rings is 1. The van der Waals surface area contributed by atoms with Crippen molar-refractivity contribution >= 4 is 44.9 Å². The van der Waals surface area contributed by atoms with Gasteiger partial charge in [-0.25, -0.2) is 4.98 Å². The monoisotopic (exact) mass is 493 g/mol. The number of anilines is 1. The molecule has 1 aliphatic carbocycles. The number of aromatic nitrogens is 2. The molecule has 0 atom stereocenters. The number of aryl methyl sites for hydroxylation is 4. The zero-order valence-corrected chi connectivity index (χ0v) is 21.0. The third-order valence-corrected chi connectivity index (χ3v) is 8.43. The van der Waals surface area contributed by atoms with Crippen molar-refractivity contribution in [2.45, 2.75) is 57.7 Å². The van der Waals surface area contributed by atoms with Gasteiger partial charge in [-0.2, -0.15) is 0 Å². The van der Waals surface area contributed by atoms with Crippen molar-refractivity contribution in [3.63, 3.8) is 0 Å². The molecule has 3 heterocycles. The third-order valence-electron chi connectivity index (χ3n) is 6.27. The summed E-state index contributed by atoms with van der Waals surface area (Å²) in [6.45, 7) is 4.37. The number of carbonyl (C=O) groups is 1. The number of rotatable bonds is 7. The van der Waals surface area contributed by atoms with Gasteiger partial charge in [0.15, 0.2) is 5.16 Å². The molecule has 8 heteroatoms. The largest absolute Gasteiger partial charge is 0.467 e. The lowest BCUT2D eigenvalue weighted by Crippen LogP contribution is -2.25. The van der Waals surface area contributed by atoms with Crippen molar-refractivity contribution < 1.29 is 9.21 Å². The number of nitrogens with one attached hydrogen (secondary N) is 1. The zero-order valence-electron chi connectivity index (χ0n) is 19.3. The van der Waals surface area contributed by atoms with Crippen molar-refractivity contribution in [2.24, 2.45) is 0 Å². The van der Waals surface area contributed by atoms with Gasteiger partial charge in [-0.05, 0) is 67.9 Å². The quantitative estimate of drug-likeness (QED) is 0.269. The number of carbonyl (C=O) groups excluding carboxylic acids is 1. The van der Waals surface area contributed by atoms with Crippen molar-refractivity contribution in [2.75, 3.05) is 11.1 Å². The van der Waals surface area contributed by atoms with Crippen LogP contribution in [0.2, 0.25) is 0 Å². The van der Waals surface area contributed by atoms with Crippen molar-refractivity contribution in [3.05, 3.63) is 74.3 Å². The van der Waals surface area contributed by atoms with Gasteiger partial charge in [0, 0.05) is 10.6 Å². The van der Waals surface area contributed by atoms with Crippen LogP contribution in [0.25, 0.3) is 10.2 Å². The Morgan fingerprint density at radius 1 is 1.24 bits per heavy atom. The molecule has 1 N–H and O–H groups in total. The van der Waals surface area contributed by atoms with Gasteiger partial charge in [-0.15, -0.1) is 11.3 Å². The highest BCUT2D eigenvalue weighted by Crippen LogP contribution is 2.35. The Labute approximate surface area is 206 Å². The fourth-order valence-corrected chi connectivity index (χ4v) is 6.64. The first-order chi connectivity index (χ1) is 16.5. The molecule has 0 fully saturated rings. The van der Waals surface area contributed by atoms with E-state index >= 15 is 0 Å². The average Bonchev–Trinajstić information content (AvgIpc) is 3.48. The molecule has 5 rings (SSSR count). The average molecular weight is 494 g/mol. The molecule has 4 aromatic rings. The summed E-state index contributed by atoms with van der Waals surface area (Å²) < 4.78 is 7.18. The van der Waals surface area contributed by atoms with E-state index in [0.29, 0.717) is 17.5 Å². The lowest BCUT2D eigenvalue weighted by Gasteiger charge is -2.14. The Balaban J connectivity index is 1.46. The molecular weight excluding hydrogens is 466 g/mol. The summed E-state index contributed by atoms with van der Waals surface area (Å²) >= 11 is 2.92. The number of thioether (sulfide) groups is 1. The van der Waals surface area contributed by atoms with E-state index in [1.807, 2.05) is 37.3 Å². The normalized spacial score (nSPS) is 13.2. The predicted octanol–water partition coefficient (Wildman–Crippen LogP) is 5.58. The second-order valence-corrected chi connectivity index (χ2v) is 10.6. The molecule has 0 radical (unpaired) electrons. The number of thiophene rings is 1. The molecule has 0 bridgehead atoms. The second kappa shape index (κ2) is 9.80. The molecule has 1 amide bonds. The van der Waals surface area contributed by atoms with Crippen LogP contribution in [-0.2, 0) is 30.6 Å². The molecule has 0 aliphatic heterocycles. The van der Waals surface area contributed by atoms with Crippen LogP contribution < -0.4 is 10.9 Å². The SMILES string of the molecule is CCc1cccc(C)c1NC(=O)CSc1nc2sc3c(c2c(=O)n1Cc1ccco1)CCCC3. The number of hydrogen-bond donors (Lipinski definition) is 1. The third kappa shape index (κ3) is 4.44. The highest BCUT2D eigenvalue weighted by atomic mass is 32.2. The Hall–Kier alpha value is -2.84. The first-order valence-corrected chi connectivity index (χ1v) is 13.4. The second-order valence-electron chi connectivity index (χ2n) is 8.56. The maximum absolute atomic E-state index is 13.6. The van der Waals surface area contributed by atoms with Crippen LogP contribution in [0.4, 0.5) is 5.69 Å². The van der Waals surface area contributed by atoms with Crippen LogP contribution in [0.3, 0.4) is 0 Å². The van der Waals surface area contributed by atoms with Gasteiger partial charge < -0.3 is 9.73 Å². The van der Waals surface area contributed by atoms with Crippen LogP contribution in [0.5, 0.6) is 0 Å². The van der Waals surface area contributed by atoms with E-state index in [4.69, 9.17) is 9.40 Å². The first kappa shape index (κ1) is 22.9. The fraction of sp³-hybridized carbons (Fsp3) is 0.346. The van der Waals surface area contributed by atoms with E-state index in [1.54, 1.807) is 22.2 Å². The van der Waals surface area contributed by atoms with Gasteiger partial charge >= 0.3 is 0 Å². The molecule has 1 aliphatic rings. The van der Waals surface area contributed by atoms with Crippen molar-refractivity contribution in [3.8, 4) is 0 Å². The van der Waals surface area contributed by atoms with Gasteiger partial charge in [0.25, 0.3) is 5.56 Å². The molecule has 0 saturated heterocycles. The van der Waals surface area contributed by atoms with Crippen LogP contribution >= 0.6 is 23.1 Å². The van der Waals surface area contributed by atoms with Gasteiger partial charge in [0.1, 0.15) is 10.6 Å². The molecule has 6 nitrogen and oxygen atoms in total. The molecule has 176 valence electrons.